The molecular weight excluding hydrogens is 1830 g/mol. The molecule has 15 aromatic rings. The van der Waals surface area contributed by atoms with Crippen molar-refractivity contribution in [3.63, 3.8) is 0 Å². The van der Waals surface area contributed by atoms with Crippen LogP contribution in [0.3, 0.4) is 0 Å². The van der Waals surface area contributed by atoms with Crippen LogP contribution in [-0.4, -0.2) is 92.2 Å². The van der Waals surface area contributed by atoms with Crippen molar-refractivity contribution >= 4 is 184 Å². The number of benzene rings is 12. The molecule has 5 heterocycles. The number of unbranched alkanes of at least 4 members (excludes halogenated alkanes) is 8. The number of nitrogens with one attached hydrogen (secondary N) is 10. The molecule has 12 aromatic carbocycles. The topological polar surface area (TPSA) is 205 Å². The molecule has 2 aliphatic rings. The van der Waals surface area contributed by atoms with Crippen LogP contribution in [-0.2, 0) is 0 Å². The lowest BCUT2D eigenvalue weighted by Gasteiger charge is -2.26. The second kappa shape index (κ2) is 48.5. The SMILES string of the molecule is CCCCNc1c(NCCCC)c(NCCCC)c2c(c1NCCCC)-c1nc-2nc2[nH]c(nc3nc(nc4[nH]c(n1)c1c(NCCCC)c(NCCCC)c(NCCCC)c(NCCCC)c41)-c1c(Sc4ccccc4)c(Sc4ccccc4)c(Sc4ccccc4)c(Sc4ccccc4)c1-3)c1c(Sc3ccccc3)c(Sc3ccccc3)c(Sc3ccccc3)c(Sc3ccccc3)c21. The van der Waals surface area contributed by atoms with Gasteiger partial charge >= 0.3 is 0 Å². The highest BCUT2D eigenvalue weighted by molar-refractivity contribution is 8.06. The minimum Gasteiger partial charge on any atom is -0.383 e. The molecule has 0 fully saturated rings. The lowest BCUT2D eigenvalue weighted by molar-refractivity contribution is 0.823. The van der Waals surface area contributed by atoms with Crippen LogP contribution in [0.15, 0.2) is 321 Å². The minimum atomic E-state index is 0.478. The third-order valence-corrected chi connectivity index (χ3v) is 33.4. The number of nitrogens with zero attached hydrogens (tertiary/aromatic N) is 6. The first-order chi connectivity index (χ1) is 67.2. The van der Waals surface area contributed by atoms with Crippen molar-refractivity contribution in [3.05, 3.63) is 243 Å². The number of hydrogen-bond donors (Lipinski definition) is 10. The molecule has 0 saturated heterocycles. The van der Waals surface area contributed by atoms with Gasteiger partial charge in [0, 0.05) is 153 Å². The Labute approximate surface area is 836 Å². The van der Waals surface area contributed by atoms with Gasteiger partial charge in [0.1, 0.15) is 22.6 Å². The fourth-order valence-electron chi connectivity index (χ4n) is 16.7. The number of anilines is 8. The Morgan fingerprint density at radius 1 is 0.184 bits per heavy atom. The van der Waals surface area contributed by atoms with E-state index < -0.39 is 0 Å². The Balaban J connectivity index is 1.19. The van der Waals surface area contributed by atoms with Crippen LogP contribution in [0.1, 0.15) is 158 Å². The van der Waals surface area contributed by atoms with Crippen molar-refractivity contribution in [2.75, 3.05) is 94.9 Å². The lowest BCUT2D eigenvalue weighted by atomic mass is 9.98. The Morgan fingerprint density at radius 2 is 0.360 bits per heavy atom. The van der Waals surface area contributed by atoms with E-state index in [1.807, 2.05) is 0 Å². The Morgan fingerprint density at radius 3 is 0.588 bits per heavy atom. The van der Waals surface area contributed by atoms with Crippen LogP contribution in [0.4, 0.5) is 45.5 Å². The van der Waals surface area contributed by atoms with Gasteiger partial charge in [0.05, 0.1) is 67.4 Å². The molecule has 2 aliphatic heterocycles. The van der Waals surface area contributed by atoms with E-state index in [1.54, 1.807) is 94.1 Å². The van der Waals surface area contributed by atoms with E-state index >= 15 is 0 Å². The van der Waals surface area contributed by atoms with E-state index in [0.29, 0.717) is 72.1 Å². The highest BCUT2D eigenvalue weighted by Gasteiger charge is 2.39. The smallest absolute Gasteiger partial charge is 0.167 e. The largest absolute Gasteiger partial charge is 0.383 e. The lowest BCUT2D eigenvalue weighted by Crippen LogP contribution is -2.16. The standard InChI is InChI=1S/C112H122N16S8/c1-9-17-65-113-89-81-83(91(115-67-19-11-3)95(119-71-23-15-7)93(89)117-69-21-13-5)107-122-105(81)121-106-82-84(92(116-68-20-12-4)96(120-72-24-16-8)94(118-70-22-14-6)90(82)114-66-18-10-2)108(123-106)125-110-86-88(100(132-76-55-39-28-40-56-76)104(136-80-63-47-32-48-64-80)102(134-78-59-43-30-44-60-78)98(86)130-74-51-35-26-36-52-74)112(127-110)128-111-87-85(109(124-107)126-111)97(129-73-49-33-25-34-50-73)101(133-77-57-41-29-42-58-77)103(135-79-61-45-31-46-62-79)99(87)131-75-53-37-27-38-54-75/h25-64,113-120H,9-24,65-72H2,1-8H3,(H2,121,122,123,124,125,126,127,128). The summed E-state index contributed by atoms with van der Waals surface area (Å²) in [6, 6.07) is 87.0. The molecule has 10 N–H and O–H groups in total. The molecule has 0 unspecified atom stereocenters. The molecule has 136 heavy (non-hydrogen) atoms. The van der Waals surface area contributed by atoms with E-state index in [1.165, 1.54) is 0 Å². The molecule has 3 aromatic heterocycles. The first-order valence-electron chi connectivity index (χ1n) is 48.7. The summed E-state index contributed by atoms with van der Waals surface area (Å²) in [7, 11) is 0. The van der Waals surface area contributed by atoms with Crippen molar-refractivity contribution in [1.29, 1.82) is 0 Å². The van der Waals surface area contributed by atoms with Gasteiger partial charge in [-0.2, -0.15) is 0 Å². The first kappa shape index (κ1) is 96.9. The van der Waals surface area contributed by atoms with E-state index in [-0.39, 0.29) is 0 Å². The van der Waals surface area contributed by atoms with Gasteiger partial charge < -0.3 is 52.5 Å². The molecule has 0 aliphatic carbocycles. The molecule has 0 spiro atoms. The molecule has 24 heteroatoms. The van der Waals surface area contributed by atoms with E-state index in [2.05, 4.69) is 351 Å². The van der Waals surface area contributed by atoms with Crippen molar-refractivity contribution in [2.45, 2.75) is 236 Å². The van der Waals surface area contributed by atoms with E-state index in [4.69, 9.17) is 29.9 Å². The third kappa shape index (κ3) is 22.6. The molecule has 8 bridgehead atoms. The number of fused-ring (bicyclic) bond motifs is 20. The second-order valence-corrected chi connectivity index (χ2v) is 42.5. The summed E-state index contributed by atoms with van der Waals surface area (Å²) in [6.45, 7) is 23.9. The van der Waals surface area contributed by atoms with Crippen LogP contribution >= 0.6 is 94.1 Å². The van der Waals surface area contributed by atoms with Crippen LogP contribution < -0.4 is 42.5 Å². The van der Waals surface area contributed by atoms with Crippen LogP contribution in [0, 0.1) is 0 Å². The van der Waals surface area contributed by atoms with Crippen LogP contribution in [0.5, 0.6) is 0 Å². The van der Waals surface area contributed by atoms with Gasteiger partial charge in [-0.15, -0.1) is 0 Å². The number of aromatic nitrogens is 8. The zero-order chi connectivity index (χ0) is 93.3. The highest BCUT2D eigenvalue weighted by atomic mass is 32.2. The molecule has 0 saturated carbocycles. The van der Waals surface area contributed by atoms with Gasteiger partial charge in [-0.25, -0.2) is 29.9 Å². The van der Waals surface area contributed by atoms with Gasteiger partial charge in [0.2, 0.25) is 0 Å². The average molecular weight is 1950 g/mol. The van der Waals surface area contributed by atoms with E-state index in [0.717, 1.165) is 297 Å². The number of hydrogen-bond acceptors (Lipinski definition) is 22. The van der Waals surface area contributed by atoms with E-state index in [9.17, 15) is 0 Å². The fraction of sp³-hybridized carbons (Fsp3) is 0.286. The highest BCUT2D eigenvalue weighted by Crippen LogP contribution is 2.62. The fourth-order valence-corrected chi connectivity index (χ4v) is 26.3. The molecule has 698 valence electrons. The normalized spacial score (nSPS) is 11.6. The summed E-state index contributed by atoms with van der Waals surface area (Å²) < 4.78 is 0. The summed E-state index contributed by atoms with van der Waals surface area (Å²) in [5.74, 6) is 1.94. The van der Waals surface area contributed by atoms with Gasteiger partial charge in [-0.05, 0) is 148 Å². The maximum atomic E-state index is 6.53. The van der Waals surface area contributed by atoms with Crippen LogP contribution in [0.2, 0.25) is 0 Å². The molecule has 17 rings (SSSR count). The predicted octanol–water partition coefficient (Wildman–Crippen LogP) is 33.8. The number of aromatic amines is 2. The maximum absolute atomic E-state index is 6.53. The summed E-state index contributed by atoms with van der Waals surface area (Å²) in [4.78, 5) is 63.7. The molecule has 0 atom stereocenters. The van der Waals surface area contributed by atoms with Gasteiger partial charge in [0.25, 0.3) is 0 Å². The first-order valence-corrected chi connectivity index (χ1v) is 55.3. The van der Waals surface area contributed by atoms with Crippen molar-refractivity contribution < 1.29 is 0 Å². The monoisotopic (exact) mass is 1950 g/mol. The van der Waals surface area contributed by atoms with Crippen molar-refractivity contribution in [1.82, 2.24) is 39.9 Å². The zero-order valence-corrected chi connectivity index (χ0v) is 85.5. The van der Waals surface area contributed by atoms with Gasteiger partial charge in [-0.3, -0.25) is 0 Å². The minimum absolute atomic E-state index is 0.478. The summed E-state index contributed by atoms with van der Waals surface area (Å²) in [5, 5.41) is 37.0. The quantitative estimate of drug-likeness (QED) is 0.0161. The van der Waals surface area contributed by atoms with Crippen molar-refractivity contribution in [2.24, 2.45) is 0 Å². The Hall–Kier alpha value is -10.8. The van der Waals surface area contributed by atoms with Crippen molar-refractivity contribution in [3.8, 4) is 45.6 Å². The Kier molecular flexibility index (Phi) is 34.5. The molecule has 16 nitrogen and oxygen atoms in total. The Bertz CT molecular complexity index is 6720. The molecule has 0 amide bonds. The van der Waals surface area contributed by atoms with Crippen LogP contribution in [0.25, 0.3) is 89.7 Å². The summed E-state index contributed by atoms with van der Waals surface area (Å²) >= 11 is 14.2. The second-order valence-electron chi connectivity index (χ2n) is 33.8. The van der Waals surface area contributed by atoms with Gasteiger partial charge in [-0.1, -0.05) is 346 Å². The summed E-state index contributed by atoms with van der Waals surface area (Å²) in [5.41, 5.74) is 13.3. The zero-order valence-electron chi connectivity index (χ0n) is 79.0. The number of H-pyrrole nitrogens is 2. The molecular formula is C112H122N16S8. The average Bonchev–Trinajstić information content (AvgIpc) is 1.54. The predicted molar refractivity (Wildman–Crippen MR) is 588 cm³/mol. The molecule has 0 radical (unpaired) electrons. The maximum Gasteiger partial charge on any atom is 0.167 e. The number of rotatable bonds is 48. The van der Waals surface area contributed by atoms with Gasteiger partial charge in [0.15, 0.2) is 23.3 Å². The summed E-state index contributed by atoms with van der Waals surface area (Å²) in [6.07, 6.45) is 15.4. The third-order valence-electron chi connectivity index (χ3n) is 23.6.